The number of anilines is 1. The lowest BCUT2D eigenvalue weighted by Gasteiger charge is -2.19. The molecule has 0 unspecified atom stereocenters. The van der Waals surface area contributed by atoms with Crippen LogP contribution in [0.4, 0.5) is 5.69 Å². The van der Waals surface area contributed by atoms with Gasteiger partial charge >= 0.3 is 0 Å². The molecule has 0 saturated heterocycles. The summed E-state index contributed by atoms with van der Waals surface area (Å²) in [6.45, 7) is 2.43. The van der Waals surface area contributed by atoms with E-state index in [9.17, 15) is 0 Å². The van der Waals surface area contributed by atoms with Gasteiger partial charge in [0, 0.05) is 18.1 Å². The summed E-state index contributed by atoms with van der Waals surface area (Å²) in [7, 11) is 2.03. The first-order valence-electron chi connectivity index (χ1n) is 6.22. The van der Waals surface area contributed by atoms with E-state index < -0.39 is 0 Å². The average molecular weight is 253 g/mol. The van der Waals surface area contributed by atoms with E-state index in [1.165, 1.54) is 10.8 Å². The van der Waals surface area contributed by atoms with Gasteiger partial charge in [-0.25, -0.2) is 0 Å². The fourth-order valence-electron chi connectivity index (χ4n) is 2.23. The molecule has 3 aromatic rings. The van der Waals surface area contributed by atoms with Crippen molar-refractivity contribution in [2.75, 3.05) is 11.9 Å². The predicted octanol–water partition coefficient (Wildman–Crippen LogP) is 3.17. The Hall–Kier alpha value is -2.36. The van der Waals surface area contributed by atoms with Crippen LogP contribution in [0.2, 0.25) is 0 Å². The molecule has 0 N–H and O–H groups in total. The summed E-state index contributed by atoms with van der Waals surface area (Å²) in [4.78, 5) is 6.36. The zero-order chi connectivity index (χ0) is 13.2. The fourth-order valence-corrected chi connectivity index (χ4v) is 2.23. The summed E-state index contributed by atoms with van der Waals surface area (Å²) in [5.41, 5.74) is 1.16. The quantitative estimate of drug-likeness (QED) is 0.719. The molecule has 0 aliphatic heterocycles. The lowest BCUT2D eigenvalue weighted by molar-refractivity contribution is 0.374. The highest BCUT2D eigenvalue weighted by Crippen LogP contribution is 2.26. The zero-order valence-electron chi connectivity index (χ0n) is 11.0. The molecule has 0 bridgehead atoms. The van der Waals surface area contributed by atoms with Gasteiger partial charge in [0.25, 0.3) is 0 Å². The lowest BCUT2D eigenvalue weighted by atomic mass is 10.1. The first kappa shape index (κ1) is 11.7. The molecule has 0 atom stereocenters. The molecule has 4 heteroatoms. The molecule has 4 nitrogen and oxygen atoms in total. The van der Waals surface area contributed by atoms with Crippen molar-refractivity contribution in [3.63, 3.8) is 0 Å². The molecular formula is C15H15N3O. The van der Waals surface area contributed by atoms with Crippen molar-refractivity contribution in [3.8, 4) is 0 Å². The molecule has 1 aromatic heterocycles. The van der Waals surface area contributed by atoms with Crippen molar-refractivity contribution in [2.24, 2.45) is 0 Å². The van der Waals surface area contributed by atoms with Gasteiger partial charge in [0.15, 0.2) is 5.82 Å². The van der Waals surface area contributed by atoms with Gasteiger partial charge in [0.1, 0.15) is 0 Å². The summed E-state index contributed by atoms with van der Waals surface area (Å²) < 4.78 is 5.17. The van der Waals surface area contributed by atoms with Gasteiger partial charge in [-0.2, -0.15) is 4.98 Å². The Balaban J connectivity index is 1.95. The number of rotatable bonds is 3. The van der Waals surface area contributed by atoms with E-state index in [-0.39, 0.29) is 0 Å². The third-order valence-corrected chi connectivity index (χ3v) is 3.12. The van der Waals surface area contributed by atoms with Crippen LogP contribution in [0.25, 0.3) is 10.8 Å². The monoisotopic (exact) mass is 253 g/mol. The van der Waals surface area contributed by atoms with Crippen LogP contribution in [0.15, 0.2) is 47.0 Å². The topological polar surface area (TPSA) is 42.2 Å². The number of fused-ring (bicyclic) bond motifs is 1. The molecule has 0 aliphatic rings. The van der Waals surface area contributed by atoms with Crippen LogP contribution in [0.1, 0.15) is 11.7 Å². The standard InChI is InChI=1S/C15H15N3O/c1-11-16-15(19-17-11)10-18(2)14-9-5-7-12-6-3-4-8-13(12)14/h3-9H,10H2,1-2H3. The number of benzene rings is 2. The van der Waals surface area contributed by atoms with Crippen LogP contribution in [0, 0.1) is 6.92 Å². The number of nitrogens with zero attached hydrogens (tertiary/aromatic N) is 3. The van der Waals surface area contributed by atoms with Crippen molar-refractivity contribution in [1.82, 2.24) is 10.1 Å². The Kier molecular flexibility index (Phi) is 2.91. The Morgan fingerprint density at radius 3 is 2.68 bits per heavy atom. The maximum Gasteiger partial charge on any atom is 0.246 e. The van der Waals surface area contributed by atoms with Gasteiger partial charge in [-0.05, 0) is 18.4 Å². The molecular weight excluding hydrogens is 238 g/mol. The largest absolute Gasteiger partial charge is 0.365 e. The molecule has 0 radical (unpaired) electrons. The van der Waals surface area contributed by atoms with E-state index >= 15 is 0 Å². The second-order valence-corrected chi connectivity index (χ2v) is 4.59. The summed E-state index contributed by atoms with van der Waals surface area (Å²) in [5, 5.41) is 6.27. The van der Waals surface area contributed by atoms with Gasteiger partial charge in [-0.3, -0.25) is 0 Å². The van der Waals surface area contributed by atoms with E-state index in [4.69, 9.17) is 4.52 Å². The minimum Gasteiger partial charge on any atom is -0.365 e. The highest BCUT2D eigenvalue weighted by molar-refractivity contribution is 5.94. The van der Waals surface area contributed by atoms with Crippen LogP contribution >= 0.6 is 0 Å². The minimum atomic E-state index is 0.606. The maximum atomic E-state index is 5.17. The maximum absolute atomic E-state index is 5.17. The van der Waals surface area contributed by atoms with E-state index in [1.807, 2.05) is 20.0 Å². The Labute approximate surface area is 111 Å². The van der Waals surface area contributed by atoms with Crippen LogP contribution in [0.3, 0.4) is 0 Å². The highest BCUT2D eigenvalue weighted by Gasteiger charge is 2.10. The second kappa shape index (κ2) is 4.72. The summed E-state index contributed by atoms with van der Waals surface area (Å²) in [5.74, 6) is 1.30. The van der Waals surface area contributed by atoms with Crippen molar-refractivity contribution in [1.29, 1.82) is 0 Å². The Morgan fingerprint density at radius 1 is 1.11 bits per heavy atom. The van der Waals surface area contributed by atoms with E-state index in [2.05, 4.69) is 51.4 Å². The van der Waals surface area contributed by atoms with Crippen LogP contribution in [0.5, 0.6) is 0 Å². The van der Waals surface area contributed by atoms with Gasteiger partial charge in [0.2, 0.25) is 5.89 Å². The van der Waals surface area contributed by atoms with Crippen LogP contribution in [-0.2, 0) is 6.54 Å². The number of hydrogen-bond donors (Lipinski definition) is 0. The van der Waals surface area contributed by atoms with E-state index in [0.29, 0.717) is 18.3 Å². The van der Waals surface area contributed by atoms with Crippen molar-refractivity contribution >= 4 is 16.5 Å². The van der Waals surface area contributed by atoms with Gasteiger partial charge in [0.05, 0.1) is 6.54 Å². The van der Waals surface area contributed by atoms with Crippen LogP contribution < -0.4 is 4.90 Å². The SMILES string of the molecule is Cc1noc(CN(C)c2cccc3ccccc23)n1. The smallest absolute Gasteiger partial charge is 0.246 e. The molecule has 3 rings (SSSR count). The lowest BCUT2D eigenvalue weighted by Crippen LogP contribution is -2.16. The molecule has 0 aliphatic carbocycles. The van der Waals surface area contributed by atoms with Gasteiger partial charge < -0.3 is 9.42 Å². The zero-order valence-corrected chi connectivity index (χ0v) is 11.0. The molecule has 19 heavy (non-hydrogen) atoms. The summed E-state index contributed by atoms with van der Waals surface area (Å²) in [6, 6.07) is 14.6. The molecule has 0 amide bonds. The van der Waals surface area contributed by atoms with E-state index in [0.717, 1.165) is 5.69 Å². The molecule has 2 aromatic carbocycles. The third kappa shape index (κ3) is 2.29. The van der Waals surface area contributed by atoms with Gasteiger partial charge in [-0.1, -0.05) is 41.6 Å². The molecule has 1 heterocycles. The number of aryl methyl sites for hydroxylation is 1. The summed E-state index contributed by atoms with van der Waals surface area (Å²) in [6.07, 6.45) is 0. The highest BCUT2D eigenvalue weighted by atomic mass is 16.5. The van der Waals surface area contributed by atoms with Crippen LogP contribution in [-0.4, -0.2) is 17.2 Å². The van der Waals surface area contributed by atoms with Crippen molar-refractivity contribution < 1.29 is 4.52 Å². The second-order valence-electron chi connectivity index (χ2n) is 4.59. The number of hydrogen-bond acceptors (Lipinski definition) is 4. The fraction of sp³-hybridized carbons (Fsp3) is 0.200. The molecule has 0 saturated carbocycles. The molecule has 0 fully saturated rings. The minimum absolute atomic E-state index is 0.606. The third-order valence-electron chi connectivity index (χ3n) is 3.12. The first-order valence-corrected chi connectivity index (χ1v) is 6.22. The molecule has 96 valence electrons. The Morgan fingerprint density at radius 2 is 1.89 bits per heavy atom. The molecule has 0 spiro atoms. The number of aromatic nitrogens is 2. The summed E-state index contributed by atoms with van der Waals surface area (Å²) >= 11 is 0. The van der Waals surface area contributed by atoms with E-state index in [1.54, 1.807) is 0 Å². The average Bonchev–Trinajstić information content (AvgIpc) is 2.83. The normalized spacial score (nSPS) is 10.8. The first-order chi connectivity index (χ1) is 9.24. The van der Waals surface area contributed by atoms with Crippen molar-refractivity contribution in [3.05, 3.63) is 54.2 Å². The van der Waals surface area contributed by atoms with Gasteiger partial charge in [-0.15, -0.1) is 0 Å². The Bertz CT molecular complexity index is 700. The predicted molar refractivity (Wildman–Crippen MR) is 75.1 cm³/mol. The van der Waals surface area contributed by atoms with Crippen molar-refractivity contribution in [2.45, 2.75) is 13.5 Å².